The highest BCUT2D eigenvalue weighted by Crippen LogP contribution is 2.52. The molecule has 0 unspecified atom stereocenters. The molecular weight excluding hydrogens is 695 g/mol. The summed E-state index contributed by atoms with van der Waals surface area (Å²) >= 11 is 3.40. The first-order chi connectivity index (χ1) is 22.0. The summed E-state index contributed by atoms with van der Waals surface area (Å²) in [6.45, 7) is 3.89. The molecule has 2 aromatic carbocycles. The van der Waals surface area contributed by atoms with Gasteiger partial charge in [-0.25, -0.2) is 4.90 Å². The van der Waals surface area contributed by atoms with Crippen molar-refractivity contribution in [1.29, 1.82) is 0 Å². The molecule has 2 fully saturated rings. The highest BCUT2D eigenvalue weighted by molar-refractivity contribution is 9.10. The molecule has 14 heteroatoms. The van der Waals surface area contributed by atoms with E-state index < -0.39 is 72.0 Å². The fourth-order valence-electron chi connectivity index (χ4n) is 7.15. The van der Waals surface area contributed by atoms with Crippen molar-refractivity contribution in [2.24, 2.45) is 17.8 Å². The zero-order valence-corrected chi connectivity index (χ0v) is 27.2. The maximum atomic E-state index is 13.9. The quantitative estimate of drug-likeness (QED) is 0.123. The van der Waals surface area contributed by atoms with Crippen LogP contribution in [-0.4, -0.2) is 35.2 Å². The van der Waals surface area contributed by atoms with Crippen molar-refractivity contribution in [1.82, 2.24) is 0 Å². The van der Waals surface area contributed by atoms with Crippen molar-refractivity contribution in [2.75, 3.05) is 4.90 Å². The summed E-state index contributed by atoms with van der Waals surface area (Å²) in [4.78, 5) is 28.1. The molecule has 0 bridgehead atoms. The molecule has 6 nitrogen and oxygen atoms in total. The molecule has 1 aliphatic carbocycles. The number of phenols is 1. The molecule has 252 valence electrons. The number of allylic oxidation sites excluding steroid dienone is 2. The van der Waals surface area contributed by atoms with Crippen molar-refractivity contribution in [2.45, 2.75) is 77.1 Å². The van der Waals surface area contributed by atoms with E-state index in [-0.39, 0.29) is 24.6 Å². The van der Waals surface area contributed by atoms with Crippen LogP contribution in [0.5, 0.6) is 5.75 Å². The standard InChI is InChI=1S/C33H33BBrF6NO5/c1-3-5-18-12-24-29(31(45)42(30(24)44)23-14-20(32(36,37)38)13-21(15-23)33(39,40)41)25-16-34(46)47-27(28(18)25)9-6-17(4-2)10-19-11-22(35)7-8-26(19)43/h7-8,10-11,13-15,24-25,27,29,43,46H,3-6,9,12,16H2,1-2H3/b17-10+/t24-,25+,27-,29-/m1/s1. The van der Waals surface area contributed by atoms with Gasteiger partial charge in [0.2, 0.25) is 11.8 Å². The summed E-state index contributed by atoms with van der Waals surface area (Å²) in [6.07, 6.45) is -6.25. The van der Waals surface area contributed by atoms with E-state index in [1.807, 2.05) is 19.9 Å². The normalized spacial score (nSPS) is 23.8. The molecule has 2 aromatic rings. The second-order valence-corrected chi connectivity index (χ2v) is 13.2. The number of halogens is 7. The number of amides is 2. The summed E-state index contributed by atoms with van der Waals surface area (Å²) in [5.41, 5.74) is -0.821. The second kappa shape index (κ2) is 13.4. The number of imide groups is 1. The summed E-state index contributed by atoms with van der Waals surface area (Å²) in [7, 11) is -1.30. The number of phenolic OH excluding ortho intramolecular Hbond substituents is 1. The summed E-state index contributed by atoms with van der Waals surface area (Å²) < 4.78 is 88.7. The number of carbonyl (C=O) groups is 2. The Bertz CT molecular complexity index is 1590. The Kier molecular flexibility index (Phi) is 10.1. The summed E-state index contributed by atoms with van der Waals surface area (Å²) in [6, 6.07) is 5.81. The van der Waals surface area contributed by atoms with Crippen molar-refractivity contribution in [3.8, 4) is 5.75 Å². The lowest BCUT2D eigenvalue weighted by molar-refractivity contribution is -0.143. The van der Waals surface area contributed by atoms with Crippen LogP contribution in [-0.2, 0) is 26.6 Å². The van der Waals surface area contributed by atoms with Crippen LogP contribution in [0.2, 0.25) is 6.32 Å². The van der Waals surface area contributed by atoms with Crippen LogP contribution in [0.25, 0.3) is 6.08 Å². The number of aromatic hydroxyl groups is 1. The van der Waals surface area contributed by atoms with E-state index in [0.29, 0.717) is 54.7 Å². The summed E-state index contributed by atoms with van der Waals surface area (Å²) in [5, 5.41) is 21.1. The molecule has 5 rings (SSSR count). The highest BCUT2D eigenvalue weighted by Gasteiger charge is 2.58. The average Bonchev–Trinajstić information content (AvgIpc) is 3.24. The SMILES string of the molecule is CCCC1=C2[C@@H](CC/C(=C/c3cc(Br)ccc3O)CC)OB(O)C[C@@H]2[C@@H]2C(=O)N(c3cc(C(F)(F)F)cc(C(F)(F)F)c3)C(=O)[C@@H]2C1. The van der Waals surface area contributed by atoms with E-state index >= 15 is 0 Å². The number of rotatable bonds is 8. The van der Waals surface area contributed by atoms with Crippen molar-refractivity contribution >= 4 is 46.6 Å². The van der Waals surface area contributed by atoms with Crippen LogP contribution in [0.4, 0.5) is 32.0 Å². The highest BCUT2D eigenvalue weighted by atomic mass is 79.9. The molecule has 2 amide bonds. The van der Waals surface area contributed by atoms with Crippen LogP contribution >= 0.6 is 15.9 Å². The third kappa shape index (κ3) is 7.19. The topological polar surface area (TPSA) is 87.1 Å². The minimum atomic E-state index is -5.16. The molecule has 3 aliphatic rings. The Morgan fingerprint density at radius 2 is 1.68 bits per heavy atom. The van der Waals surface area contributed by atoms with Gasteiger partial charge in [-0.1, -0.05) is 53.4 Å². The minimum absolute atomic E-state index is 0.0446. The Morgan fingerprint density at radius 1 is 1.02 bits per heavy atom. The molecule has 2 N–H and O–H groups in total. The van der Waals surface area contributed by atoms with Gasteiger partial charge in [-0.15, -0.1) is 0 Å². The third-order valence-electron chi connectivity index (χ3n) is 9.22. The zero-order chi connectivity index (χ0) is 34.4. The first-order valence-corrected chi connectivity index (χ1v) is 16.2. The third-order valence-corrected chi connectivity index (χ3v) is 9.71. The number of fused-ring (bicyclic) bond motifs is 3. The van der Waals surface area contributed by atoms with E-state index in [9.17, 15) is 46.1 Å². The fourth-order valence-corrected chi connectivity index (χ4v) is 7.53. The van der Waals surface area contributed by atoms with Crippen molar-refractivity contribution in [3.63, 3.8) is 0 Å². The smallest absolute Gasteiger partial charge is 0.455 e. The number of alkyl halides is 6. The lowest BCUT2D eigenvalue weighted by Crippen LogP contribution is -2.46. The number of benzene rings is 2. The van der Waals surface area contributed by atoms with Gasteiger partial charge in [-0.3, -0.25) is 9.59 Å². The van der Waals surface area contributed by atoms with Gasteiger partial charge in [-0.05, 0) is 86.3 Å². The van der Waals surface area contributed by atoms with Gasteiger partial charge in [0.05, 0.1) is 34.8 Å². The van der Waals surface area contributed by atoms with Crippen LogP contribution < -0.4 is 4.90 Å². The largest absolute Gasteiger partial charge is 0.507 e. The lowest BCUT2D eigenvalue weighted by Gasteiger charge is -2.43. The van der Waals surface area contributed by atoms with Crippen molar-refractivity contribution in [3.05, 3.63) is 74.3 Å². The van der Waals surface area contributed by atoms with E-state index in [0.717, 1.165) is 21.2 Å². The van der Waals surface area contributed by atoms with Crippen LogP contribution in [0.1, 0.15) is 69.1 Å². The molecule has 0 saturated carbocycles. The van der Waals surface area contributed by atoms with Crippen LogP contribution in [0, 0.1) is 17.8 Å². The van der Waals surface area contributed by atoms with Gasteiger partial charge in [0.25, 0.3) is 0 Å². The number of carbonyl (C=O) groups excluding carboxylic acids is 2. The molecule has 0 radical (unpaired) electrons. The Labute approximate surface area is 276 Å². The van der Waals surface area contributed by atoms with Gasteiger partial charge in [0.15, 0.2) is 0 Å². The van der Waals surface area contributed by atoms with Crippen molar-refractivity contribution < 1.29 is 50.7 Å². The maximum absolute atomic E-state index is 13.9. The number of hydrogen-bond donors (Lipinski definition) is 2. The maximum Gasteiger partial charge on any atom is 0.455 e. The predicted molar refractivity (Wildman–Crippen MR) is 167 cm³/mol. The lowest BCUT2D eigenvalue weighted by atomic mass is 9.58. The molecule has 0 spiro atoms. The van der Waals surface area contributed by atoms with Crippen LogP contribution in [0.3, 0.4) is 0 Å². The molecule has 4 atom stereocenters. The van der Waals surface area contributed by atoms with Gasteiger partial charge < -0.3 is 14.8 Å². The molecule has 47 heavy (non-hydrogen) atoms. The van der Waals surface area contributed by atoms with E-state index in [1.54, 1.807) is 18.2 Å². The monoisotopic (exact) mass is 727 g/mol. The van der Waals surface area contributed by atoms with E-state index in [4.69, 9.17) is 4.65 Å². The fraction of sp³-hybridized carbons (Fsp3) is 0.455. The molecule has 2 saturated heterocycles. The first-order valence-electron chi connectivity index (χ1n) is 15.4. The van der Waals surface area contributed by atoms with Gasteiger partial charge in [0, 0.05) is 10.0 Å². The Morgan fingerprint density at radius 3 is 2.28 bits per heavy atom. The van der Waals surface area contributed by atoms with Gasteiger partial charge in [0.1, 0.15) is 5.75 Å². The molecule has 0 aromatic heterocycles. The minimum Gasteiger partial charge on any atom is -0.507 e. The summed E-state index contributed by atoms with van der Waals surface area (Å²) in [5.74, 6) is -4.42. The molecule has 2 aliphatic heterocycles. The van der Waals surface area contributed by atoms with Crippen LogP contribution in [0.15, 0.2) is 57.6 Å². The van der Waals surface area contributed by atoms with E-state index in [2.05, 4.69) is 15.9 Å². The van der Waals surface area contributed by atoms with E-state index in [1.165, 1.54) is 0 Å². The van der Waals surface area contributed by atoms with Gasteiger partial charge >= 0.3 is 19.5 Å². The predicted octanol–water partition coefficient (Wildman–Crippen LogP) is 8.57. The Hall–Kier alpha value is -3.10. The number of anilines is 1. The zero-order valence-electron chi connectivity index (χ0n) is 25.6. The second-order valence-electron chi connectivity index (χ2n) is 12.2. The Balaban J connectivity index is 1.49. The first kappa shape index (κ1) is 35.2. The average molecular weight is 728 g/mol. The molecular formula is C33H33BBrF6NO5. The van der Waals surface area contributed by atoms with Gasteiger partial charge in [-0.2, -0.15) is 26.3 Å². The number of nitrogens with zero attached hydrogens (tertiary/aromatic N) is 1. The number of hydrogen-bond acceptors (Lipinski definition) is 5. The molecule has 2 heterocycles.